The highest BCUT2D eigenvalue weighted by Crippen LogP contribution is 2.05. The quantitative estimate of drug-likeness (QED) is 0.591. The van der Waals surface area contributed by atoms with Crippen molar-refractivity contribution in [2.45, 2.75) is 53.6 Å². The Morgan fingerprint density at radius 2 is 1.38 bits per heavy atom. The smallest absolute Gasteiger partial charge is 0.0168 e. The van der Waals surface area contributed by atoms with Gasteiger partial charge in [0.15, 0.2) is 0 Å². The predicted molar refractivity (Wildman–Crippen MR) is 61.0 cm³/mol. The van der Waals surface area contributed by atoms with Crippen LogP contribution >= 0.6 is 0 Å². The van der Waals surface area contributed by atoms with Gasteiger partial charge in [-0.15, -0.1) is 0 Å². The zero-order valence-corrected chi connectivity index (χ0v) is 10.0. The van der Waals surface area contributed by atoms with Gasteiger partial charge in [0.05, 0.1) is 0 Å². The van der Waals surface area contributed by atoms with Crippen molar-refractivity contribution in [1.82, 2.24) is 4.90 Å². The first-order valence-electron chi connectivity index (χ1n) is 5.37. The van der Waals surface area contributed by atoms with Crippen LogP contribution in [0.1, 0.15) is 41.5 Å². The minimum absolute atomic E-state index is 0.636. The maximum Gasteiger partial charge on any atom is 0.0168 e. The second kappa shape index (κ2) is 6.20. The molecule has 0 fully saturated rings. The average molecular weight is 183 g/mol. The molecule has 0 heterocycles. The van der Waals surface area contributed by atoms with Gasteiger partial charge >= 0.3 is 0 Å². The van der Waals surface area contributed by atoms with Gasteiger partial charge in [-0.05, 0) is 33.6 Å². The normalized spacial score (nSPS) is 13.1. The van der Waals surface area contributed by atoms with E-state index in [9.17, 15) is 0 Å². The molecule has 0 atom stereocenters. The summed E-state index contributed by atoms with van der Waals surface area (Å²) in [5, 5.41) is 0. The Morgan fingerprint density at radius 3 is 1.69 bits per heavy atom. The van der Waals surface area contributed by atoms with E-state index in [-0.39, 0.29) is 0 Å². The highest BCUT2D eigenvalue weighted by molar-refractivity contribution is 4.88. The van der Waals surface area contributed by atoms with E-state index in [2.05, 4.69) is 58.6 Å². The average Bonchev–Trinajstić information content (AvgIpc) is 1.95. The predicted octanol–water partition coefficient (Wildman–Crippen LogP) is 3.32. The van der Waals surface area contributed by atoms with Crippen molar-refractivity contribution in [3.05, 3.63) is 12.2 Å². The third-order valence-electron chi connectivity index (χ3n) is 2.16. The summed E-state index contributed by atoms with van der Waals surface area (Å²) < 4.78 is 0. The van der Waals surface area contributed by atoms with Gasteiger partial charge in [0.1, 0.15) is 0 Å². The monoisotopic (exact) mass is 183 g/mol. The van der Waals surface area contributed by atoms with Crippen LogP contribution in [0.3, 0.4) is 0 Å². The Balaban J connectivity index is 3.97. The molecule has 0 spiro atoms. The number of hydrogen-bond acceptors (Lipinski definition) is 1. The molecule has 0 aliphatic heterocycles. The molecular formula is C12H25N. The number of rotatable bonds is 5. The summed E-state index contributed by atoms with van der Waals surface area (Å²) in [6.45, 7) is 14.5. The summed E-state index contributed by atoms with van der Waals surface area (Å²) in [4.78, 5) is 2.48. The third kappa shape index (κ3) is 5.87. The van der Waals surface area contributed by atoms with E-state index in [4.69, 9.17) is 0 Å². The SMILES string of the molecule is CC(C)C=CCN(C(C)C)C(C)C. The van der Waals surface area contributed by atoms with Gasteiger partial charge in [-0.2, -0.15) is 0 Å². The van der Waals surface area contributed by atoms with Crippen LogP contribution in [-0.4, -0.2) is 23.5 Å². The lowest BCUT2D eigenvalue weighted by Crippen LogP contribution is -2.36. The van der Waals surface area contributed by atoms with Gasteiger partial charge in [-0.1, -0.05) is 26.0 Å². The summed E-state index contributed by atoms with van der Waals surface area (Å²) in [6.07, 6.45) is 4.56. The minimum atomic E-state index is 0.636. The van der Waals surface area contributed by atoms with Gasteiger partial charge in [0.2, 0.25) is 0 Å². The van der Waals surface area contributed by atoms with Crippen molar-refractivity contribution in [2.75, 3.05) is 6.54 Å². The molecule has 0 N–H and O–H groups in total. The van der Waals surface area contributed by atoms with E-state index >= 15 is 0 Å². The van der Waals surface area contributed by atoms with Crippen LogP contribution in [-0.2, 0) is 0 Å². The third-order valence-corrected chi connectivity index (χ3v) is 2.16. The summed E-state index contributed by atoms with van der Waals surface area (Å²) in [6, 6.07) is 1.27. The van der Waals surface area contributed by atoms with Gasteiger partial charge in [0.25, 0.3) is 0 Å². The van der Waals surface area contributed by atoms with Gasteiger partial charge < -0.3 is 0 Å². The maximum absolute atomic E-state index is 2.48. The number of allylic oxidation sites excluding steroid dienone is 1. The van der Waals surface area contributed by atoms with E-state index in [0.717, 1.165) is 6.54 Å². The first-order chi connectivity index (χ1) is 5.95. The molecule has 0 saturated carbocycles. The second-order valence-electron chi connectivity index (χ2n) is 4.56. The van der Waals surface area contributed by atoms with Gasteiger partial charge in [-0.3, -0.25) is 4.90 Å². The fourth-order valence-electron chi connectivity index (χ4n) is 1.47. The van der Waals surface area contributed by atoms with Crippen molar-refractivity contribution in [2.24, 2.45) is 5.92 Å². The standard InChI is InChI=1S/C12H25N/c1-10(2)8-7-9-13(11(3)4)12(5)6/h7-8,10-12H,9H2,1-6H3. The van der Waals surface area contributed by atoms with Crippen LogP contribution in [0.2, 0.25) is 0 Å². The number of hydrogen-bond donors (Lipinski definition) is 0. The molecule has 0 aromatic heterocycles. The lowest BCUT2D eigenvalue weighted by Gasteiger charge is -2.29. The minimum Gasteiger partial charge on any atom is -0.295 e. The molecule has 78 valence electrons. The fraction of sp³-hybridized carbons (Fsp3) is 0.833. The summed E-state index contributed by atoms with van der Waals surface area (Å²) in [7, 11) is 0. The molecule has 0 unspecified atom stereocenters. The fourth-order valence-corrected chi connectivity index (χ4v) is 1.47. The highest BCUT2D eigenvalue weighted by Gasteiger charge is 2.10. The van der Waals surface area contributed by atoms with Crippen molar-refractivity contribution in [3.8, 4) is 0 Å². The maximum atomic E-state index is 2.48. The first-order valence-corrected chi connectivity index (χ1v) is 5.37. The topological polar surface area (TPSA) is 3.24 Å². The highest BCUT2D eigenvalue weighted by atomic mass is 15.2. The number of nitrogens with zero attached hydrogens (tertiary/aromatic N) is 1. The largest absolute Gasteiger partial charge is 0.295 e. The molecule has 0 amide bonds. The molecule has 0 aromatic rings. The molecule has 1 heteroatoms. The summed E-state index contributed by atoms with van der Waals surface area (Å²) in [5.41, 5.74) is 0. The van der Waals surface area contributed by atoms with Crippen LogP contribution in [0, 0.1) is 5.92 Å². The summed E-state index contributed by atoms with van der Waals surface area (Å²) in [5.74, 6) is 0.668. The van der Waals surface area contributed by atoms with E-state index in [1.54, 1.807) is 0 Å². The van der Waals surface area contributed by atoms with Crippen LogP contribution in [0.15, 0.2) is 12.2 Å². The van der Waals surface area contributed by atoms with Crippen molar-refractivity contribution in [3.63, 3.8) is 0 Å². The Hall–Kier alpha value is -0.300. The van der Waals surface area contributed by atoms with E-state index < -0.39 is 0 Å². The van der Waals surface area contributed by atoms with E-state index in [1.165, 1.54) is 0 Å². The Kier molecular flexibility index (Phi) is 6.06. The van der Waals surface area contributed by atoms with Crippen LogP contribution in [0.25, 0.3) is 0 Å². The zero-order chi connectivity index (χ0) is 10.4. The Labute approximate surface area is 83.8 Å². The lowest BCUT2D eigenvalue weighted by molar-refractivity contribution is 0.196. The van der Waals surface area contributed by atoms with E-state index in [0.29, 0.717) is 18.0 Å². The molecule has 0 radical (unpaired) electrons. The van der Waals surface area contributed by atoms with Crippen LogP contribution < -0.4 is 0 Å². The molecule has 0 rings (SSSR count). The molecule has 0 aliphatic rings. The lowest BCUT2D eigenvalue weighted by atomic mass is 10.2. The zero-order valence-electron chi connectivity index (χ0n) is 10.0. The molecule has 1 nitrogen and oxygen atoms in total. The van der Waals surface area contributed by atoms with Gasteiger partial charge in [-0.25, -0.2) is 0 Å². The molecule has 0 aromatic carbocycles. The van der Waals surface area contributed by atoms with Crippen LogP contribution in [0.4, 0.5) is 0 Å². The first kappa shape index (κ1) is 12.7. The molecule has 0 saturated heterocycles. The Morgan fingerprint density at radius 1 is 0.923 bits per heavy atom. The van der Waals surface area contributed by atoms with Gasteiger partial charge in [0, 0.05) is 18.6 Å². The second-order valence-corrected chi connectivity index (χ2v) is 4.56. The van der Waals surface area contributed by atoms with E-state index in [1.807, 2.05) is 0 Å². The molecule has 0 aliphatic carbocycles. The molecule has 0 bridgehead atoms. The van der Waals surface area contributed by atoms with Crippen LogP contribution in [0.5, 0.6) is 0 Å². The van der Waals surface area contributed by atoms with Crippen molar-refractivity contribution >= 4 is 0 Å². The summed E-state index contributed by atoms with van der Waals surface area (Å²) >= 11 is 0. The van der Waals surface area contributed by atoms with Crippen molar-refractivity contribution < 1.29 is 0 Å². The van der Waals surface area contributed by atoms with Crippen molar-refractivity contribution in [1.29, 1.82) is 0 Å². The Bertz CT molecular complexity index is 137. The molecule has 13 heavy (non-hydrogen) atoms. The molecular weight excluding hydrogens is 158 g/mol.